The van der Waals surface area contributed by atoms with Gasteiger partial charge in [-0.2, -0.15) is 0 Å². The van der Waals surface area contributed by atoms with Crippen molar-refractivity contribution >= 4 is 11.6 Å². The van der Waals surface area contributed by atoms with E-state index in [1.54, 1.807) is 7.11 Å². The van der Waals surface area contributed by atoms with Gasteiger partial charge in [-0.3, -0.25) is 4.90 Å². The Bertz CT molecular complexity index is 461. The number of ether oxygens (including phenoxy) is 1. The van der Waals surface area contributed by atoms with E-state index in [4.69, 9.17) is 10.5 Å². The average Bonchev–Trinajstić information content (AvgIpc) is 3.10. The molecule has 3 heterocycles. The van der Waals surface area contributed by atoms with Crippen molar-refractivity contribution in [2.24, 2.45) is 0 Å². The molecule has 2 fully saturated rings. The van der Waals surface area contributed by atoms with Crippen molar-refractivity contribution in [3.05, 3.63) is 11.9 Å². The summed E-state index contributed by atoms with van der Waals surface area (Å²) in [5, 5.41) is 0. The Morgan fingerprint density at radius 2 is 2.10 bits per heavy atom. The van der Waals surface area contributed by atoms with Gasteiger partial charge in [0.25, 0.3) is 0 Å². The Labute approximate surface area is 119 Å². The SMILES string of the molecule is COCc1nc(N)cc(N2CCC(N3CCCC3)C2)n1. The third-order valence-corrected chi connectivity index (χ3v) is 4.20. The molecular formula is C14H23N5O. The molecule has 1 unspecified atom stereocenters. The van der Waals surface area contributed by atoms with Crippen LogP contribution >= 0.6 is 0 Å². The van der Waals surface area contributed by atoms with Crippen LogP contribution in [0.4, 0.5) is 11.6 Å². The number of hydrogen-bond acceptors (Lipinski definition) is 6. The second-order valence-electron chi connectivity index (χ2n) is 5.63. The fraction of sp³-hybridized carbons (Fsp3) is 0.714. The summed E-state index contributed by atoms with van der Waals surface area (Å²) in [5.74, 6) is 2.12. The van der Waals surface area contributed by atoms with Gasteiger partial charge in [0, 0.05) is 32.3 Å². The van der Waals surface area contributed by atoms with Gasteiger partial charge in [0.15, 0.2) is 5.82 Å². The molecule has 2 aliphatic rings. The topological polar surface area (TPSA) is 67.5 Å². The van der Waals surface area contributed by atoms with Gasteiger partial charge in [-0.25, -0.2) is 9.97 Å². The van der Waals surface area contributed by atoms with Crippen LogP contribution < -0.4 is 10.6 Å². The molecule has 20 heavy (non-hydrogen) atoms. The Kier molecular flexibility index (Phi) is 4.03. The summed E-state index contributed by atoms with van der Waals surface area (Å²) in [5.41, 5.74) is 5.87. The molecule has 0 spiro atoms. The first-order chi connectivity index (χ1) is 9.76. The van der Waals surface area contributed by atoms with Gasteiger partial charge in [-0.05, 0) is 32.4 Å². The normalized spacial score (nSPS) is 23.6. The average molecular weight is 277 g/mol. The van der Waals surface area contributed by atoms with Crippen LogP contribution in [0.3, 0.4) is 0 Å². The van der Waals surface area contributed by atoms with Gasteiger partial charge in [0.1, 0.15) is 18.2 Å². The minimum absolute atomic E-state index is 0.404. The quantitative estimate of drug-likeness (QED) is 0.881. The first-order valence-corrected chi connectivity index (χ1v) is 7.37. The van der Waals surface area contributed by atoms with Crippen LogP contribution in [0, 0.1) is 0 Å². The molecule has 0 radical (unpaired) electrons. The van der Waals surface area contributed by atoms with E-state index in [1.807, 2.05) is 6.07 Å². The fourth-order valence-corrected chi connectivity index (χ4v) is 3.21. The zero-order valence-corrected chi connectivity index (χ0v) is 12.1. The largest absolute Gasteiger partial charge is 0.384 e. The first-order valence-electron chi connectivity index (χ1n) is 7.37. The number of nitrogens with two attached hydrogens (primary N) is 1. The maximum atomic E-state index is 5.87. The molecule has 6 heteroatoms. The third-order valence-electron chi connectivity index (χ3n) is 4.20. The van der Waals surface area contributed by atoms with E-state index < -0.39 is 0 Å². The maximum Gasteiger partial charge on any atom is 0.158 e. The van der Waals surface area contributed by atoms with E-state index in [2.05, 4.69) is 19.8 Å². The molecule has 1 atom stereocenters. The fourth-order valence-electron chi connectivity index (χ4n) is 3.21. The zero-order valence-electron chi connectivity index (χ0n) is 12.1. The molecule has 110 valence electrons. The van der Waals surface area contributed by atoms with E-state index in [0.717, 1.165) is 18.9 Å². The molecule has 6 nitrogen and oxygen atoms in total. The Morgan fingerprint density at radius 1 is 1.30 bits per heavy atom. The molecular weight excluding hydrogens is 254 g/mol. The monoisotopic (exact) mass is 277 g/mol. The molecule has 0 bridgehead atoms. The van der Waals surface area contributed by atoms with Crippen molar-refractivity contribution in [1.29, 1.82) is 0 Å². The lowest BCUT2D eigenvalue weighted by molar-refractivity contribution is 0.178. The van der Waals surface area contributed by atoms with Crippen LogP contribution in [-0.2, 0) is 11.3 Å². The van der Waals surface area contributed by atoms with Crippen molar-refractivity contribution in [3.8, 4) is 0 Å². The van der Waals surface area contributed by atoms with Crippen molar-refractivity contribution < 1.29 is 4.74 Å². The number of rotatable bonds is 4. The highest BCUT2D eigenvalue weighted by Crippen LogP contribution is 2.25. The summed E-state index contributed by atoms with van der Waals surface area (Å²) in [6, 6.07) is 2.53. The van der Waals surface area contributed by atoms with Crippen LogP contribution in [-0.4, -0.2) is 54.2 Å². The molecule has 3 rings (SSSR count). The van der Waals surface area contributed by atoms with Gasteiger partial charge >= 0.3 is 0 Å². The second-order valence-corrected chi connectivity index (χ2v) is 5.63. The lowest BCUT2D eigenvalue weighted by Crippen LogP contribution is -2.35. The number of anilines is 2. The van der Waals surface area contributed by atoms with Crippen molar-refractivity contribution in [3.63, 3.8) is 0 Å². The maximum absolute atomic E-state index is 5.87. The lowest BCUT2D eigenvalue weighted by Gasteiger charge is -2.24. The predicted octanol–water partition coefficient (Wildman–Crippen LogP) is 0.880. The van der Waals surface area contributed by atoms with Gasteiger partial charge in [0.2, 0.25) is 0 Å². The highest BCUT2D eigenvalue weighted by atomic mass is 16.5. The Morgan fingerprint density at radius 3 is 2.85 bits per heavy atom. The first kappa shape index (κ1) is 13.6. The molecule has 0 saturated carbocycles. The van der Waals surface area contributed by atoms with Crippen LogP contribution in [0.15, 0.2) is 6.07 Å². The van der Waals surface area contributed by atoms with E-state index in [9.17, 15) is 0 Å². The molecule has 0 amide bonds. The minimum atomic E-state index is 0.404. The summed E-state index contributed by atoms with van der Waals surface area (Å²) in [6.07, 6.45) is 3.90. The van der Waals surface area contributed by atoms with Crippen molar-refractivity contribution in [2.45, 2.75) is 31.9 Å². The molecule has 2 aliphatic heterocycles. The van der Waals surface area contributed by atoms with Gasteiger partial charge in [-0.15, -0.1) is 0 Å². The molecule has 2 saturated heterocycles. The third kappa shape index (κ3) is 2.86. The molecule has 0 aromatic carbocycles. The molecule has 1 aromatic rings. The number of nitrogen functional groups attached to an aromatic ring is 1. The summed E-state index contributed by atoms with van der Waals surface area (Å²) in [4.78, 5) is 13.7. The summed E-state index contributed by atoms with van der Waals surface area (Å²) in [7, 11) is 1.64. The van der Waals surface area contributed by atoms with Gasteiger partial charge in [-0.1, -0.05) is 0 Å². The minimum Gasteiger partial charge on any atom is -0.384 e. The molecule has 2 N–H and O–H groups in total. The number of nitrogens with zero attached hydrogens (tertiary/aromatic N) is 4. The van der Waals surface area contributed by atoms with Crippen molar-refractivity contribution in [2.75, 3.05) is 43.9 Å². The van der Waals surface area contributed by atoms with Crippen LogP contribution in [0.25, 0.3) is 0 Å². The summed E-state index contributed by atoms with van der Waals surface area (Å²) in [6.45, 7) is 4.99. The standard InChI is InChI=1S/C14H23N5O/c1-20-10-13-16-12(15)8-14(17-13)19-7-4-11(9-19)18-5-2-3-6-18/h8,11H,2-7,9-10H2,1H3,(H2,15,16,17). The summed E-state index contributed by atoms with van der Waals surface area (Å²) < 4.78 is 5.10. The zero-order chi connectivity index (χ0) is 13.9. The molecule has 0 aliphatic carbocycles. The second kappa shape index (κ2) is 5.93. The highest BCUT2D eigenvalue weighted by molar-refractivity contribution is 5.48. The lowest BCUT2D eigenvalue weighted by atomic mass is 10.2. The van der Waals surface area contributed by atoms with Gasteiger partial charge < -0.3 is 15.4 Å². The van der Waals surface area contributed by atoms with Crippen LogP contribution in [0.5, 0.6) is 0 Å². The predicted molar refractivity (Wildman–Crippen MR) is 78.6 cm³/mol. The highest BCUT2D eigenvalue weighted by Gasteiger charge is 2.30. The van der Waals surface area contributed by atoms with E-state index in [-0.39, 0.29) is 0 Å². The van der Waals surface area contributed by atoms with E-state index in [0.29, 0.717) is 24.3 Å². The molecule has 1 aromatic heterocycles. The van der Waals surface area contributed by atoms with Gasteiger partial charge in [0.05, 0.1) is 0 Å². The Balaban J connectivity index is 1.70. The smallest absolute Gasteiger partial charge is 0.158 e. The van der Waals surface area contributed by atoms with Crippen molar-refractivity contribution in [1.82, 2.24) is 14.9 Å². The van der Waals surface area contributed by atoms with E-state index >= 15 is 0 Å². The van der Waals surface area contributed by atoms with Crippen LogP contribution in [0.2, 0.25) is 0 Å². The number of hydrogen-bond donors (Lipinski definition) is 1. The Hall–Kier alpha value is -1.40. The van der Waals surface area contributed by atoms with Crippen LogP contribution in [0.1, 0.15) is 25.1 Å². The van der Waals surface area contributed by atoms with E-state index in [1.165, 1.54) is 32.4 Å². The summed E-state index contributed by atoms with van der Waals surface area (Å²) >= 11 is 0. The number of aromatic nitrogens is 2. The number of likely N-dealkylation sites (tertiary alicyclic amines) is 1. The number of methoxy groups -OCH3 is 1.